The maximum Gasteiger partial charge on any atom is 0.247 e. The molecule has 2 aromatic rings. The van der Waals surface area contributed by atoms with E-state index in [0.29, 0.717) is 45.6 Å². The summed E-state index contributed by atoms with van der Waals surface area (Å²) >= 11 is 5.58. The molecule has 3 unspecified atom stereocenters. The third kappa shape index (κ3) is 6.81. The molecule has 6 atom stereocenters. The number of rotatable bonds is 16. The fourth-order valence-corrected chi connectivity index (χ4v) is 11.0. The van der Waals surface area contributed by atoms with Crippen molar-refractivity contribution in [3.05, 3.63) is 97.1 Å². The van der Waals surface area contributed by atoms with Gasteiger partial charge in [-0.05, 0) is 30.4 Å². The molecule has 3 amide bonds. The minimum atomic E-state index is -0.707. The summed E-state index contributed by atoms with van der Waals surface area (Å²) in [5.41, 5.74) is 2.03. The van der Waals surface area contributed by atoms with E-state index >= 15 is 0 Å². The van der Waals surface area contributed by atoms with Crippen LogP contribution in [0.25, 0.3) is 0 Å². The number of aliphatic hydroxyl groups excluding tert-OH is 1. The van der Waals surface area contributed by atoms with E-state index in [0.717, 1.165) is 30.4 Å². The van der Waals surface area contributed by atoms with Crippen molar-refractivity contribution < 1.29 is 19.5 Å². The zero-order valence-corrected chi connectivity index (χ0v) is 28.2. The van der Waals surface area contributed by atoms with Gasteiger partial charge in [-0.25, -0.2) is 0 Å². The molecule has 240 valence electrons. The van der Waals surface area contributed by atoms with Crippen molar-refractivity contribution in [3.63, 3.8) is 0 Å². The second-order valence-electron chi connectivity index (χ2n) is 12.3. The zero-order valence-electron chi connectivity index (χ0n) is 25.8. The number of nitrogens with zero attached hydrogens (tertiary/aromatic N) is 3. The van der Waals surface area contributed by atoms with Crippen molar-refractivity contribution in [2.75, 3.05) is 26.2 Å². The normalized spacial score (nSPS) is 26.5. The van der Waals surface area contributed by atoms with Gasteiger partial charge in [0.2, 0.25) is 17.7 Å². The molecule has 1 spiro atoms. The summed E-state index contributed by atoms with van der Waals surface area (Å²) in [6.45, 7) is 10.0. The maximum atomic E-state index is 14.7. The van der Waals surface area contributed by atoms with Crippen LogP contribution in [0.4, 0.5) is 0 Å². The number of alkyl halides is 1. The standard InChI is InChI=1S/C36H44BrN3O4S/c1-3-19-38(24-26-15-9-7-10-16-26)33(42)29-30-34(43)40(21-13-5-6-14-22-41)32(36(30)23-28(37)31(29)45-36)35(44)39(20-4-2)25-27-17-11-8-12-18-27/h3-4,7-12,15-18,28-32,41H,1-2,5-6,13-14,19-25H2/t28?,29-,30-,31-,32?,36?/m0/s1. The van der Waals surface area contributed by atoms with Crippen molar-refractivity contribution in [2.45, 2.75) is 66.1 Å². The largest absolute Gasteiger partial charge is 0.396 e. The Kier molecular flexibility index (Phi) is 11.3. The van der Waals surface area contributed by atoms with Crippen molar-refractivity contribution in [1.29, 1.82) is 0 Å². The summed E-state index contributed by atoms with van der Waals surface area (Å²) in [7, 11) is 0. The van der Waals surface area contributed by atoms with Crippen LogP contribution in [0.2, 0.25) is 0 Å². The van der Waals surface area contributed by atoms with E-state index in [4.69, 9.17) is 0 Å². The van der Waals surface area contributed by atoms with Gasteiger partial charge >= 0.3 is 0 Å². The van der Waals surface area contributed by atoms with Crippen LogP contribution in [0, 0.1) is 11.8 Å². The quantitative estimate of drug-likeness (QED) is 0.144. The molecule has 3 fully saturated rings. The maximum absolute atomic E-state index is 14.7. The van der Waals surface area contributed by atoms with Crippen LogP contribution in [0.1, 0.15) is 43.2 Å². The van der Waals surface area contributed by atoms with Gasteiger partial charge in [0.15, 0.2) is 0 Å². The summed E-state index contributed by atoms with van der Waals surface area (Å²) in [6, 6.07) is 19.1. The summed E-state index contributed by atoms with van der Waals surface area (Å²) < 4.78 is -0.707. The van der Waals surface area contributed by atoms with E-state index in [1.807, 2.05) is 70.5 Å². The van der Waals surface area contributed by atoms with Gasteiger partial charge in [0, 0.05) is 49.4 Å². The average Bonchev–Trinajstić information content (AvgIpc) is 3.64. The van der Waals surface area contributed by atoms with Crippen LogP contribution in [0.15, 0.2) is 86.0 Å². The molecule has 3 aliphatic rings. The molecule has 1 N–H and O–H groups in total. The fraction of sp³-hybridized carbons (Fsp3) is 0.472. The van der Waals surface area contributed by atoms with Gasteiger partial charge in [0.25, 0.3) is 0 Å². The first-order valence-corrected chi connectivity index (χ1v) is 17.8. The minimum Gasteiger partial charge on any atom is -0.396 e. The molecule has 3 saturated heterocycles. The predicted octanol–water partition coefficient (Wildman–Crippen LogP) is 5.43. The van der Waals surface area contributed by atoms with Gasteiger partial charge in [-0.2, -0.15) is 0 Å². The van der Waals surface area contributed by atoms with Gasteiger partial charge in [0.05, 0.1) is 16.6 Å². The first kappa shape index (κ1) is 33.5. The third-order valence-electron chi connectivity index (χ3n) is 9.37. The smallest absolute Gasteiger partial charge is 0.247 e. The number of carbonyl (C=O) groups is 3. The van der Waals surface area contributed by atoms with Gasteiger partial charge < -0.3 is 19.8 Å². The minimum absolute atomic E-state index is 0.00425. The number of likely N-dealkylation sites (tertiary alicyclic amines) is 1. The highest BCUT2D eigenvalue weighted by Gasteiger charge is 2.76. The van der Waals surface area contributed by atoms with Gasteiger partial charge in [-0.15, -0.1) is 24.9 Å². The lowest BCUT2D eigenvalue weighted by atomic mass is 9.70. The molecule has 5 rings (SSSR count). The van der Waals surface area contributed by atoms with Crippen LogP contribution in [0.3, 0.4) is 0 Å². The first-order valence-electron chi connectivity index (χ1n) is 16.0. The van der Waals surface area contributed by atoms with E-state index in [-0.39, 0.29) is 34.4 Å². The lowest BCUT2D eigenvalue weighted by Gasteiger charge is -2.38. The van der Waals surface area contributed by atoms with Crippen LogP contribution < -0.4 is 0 Å². The second kappa shape index (κ2) is 15.1. The molecular formula is C36H44BrN3O4S. The van der Waals surface area contributed by atoms with Crippen LogP contribution in [-0.2, 0) is 27.5 Å². The Labute approximate surface area is 279 Å². The molecule has 7 nitrogen and oxygen atoms in total. The highest BCUT2D eigenvalue weighted by atomic mass is 79.9. The van der Waals surface area contributed by atoms with Gasteiger partial charge in [-0.3, -0.25) is 14.4 Å². The highest BCUT2D eigenvalue weighted by molar-refractivity contribution is 9.09. The Morgan fingerprint density at radius 2 is 1.47 bits per heavy atom. The molecule has 45 heavy (non-hydrogen) atoms. The Morgan fingerprint density at radius 3 is 2.02 bits per heavy atom. The molecule has 3 heterocycles. The molecule has 0 saturated carbocycles. The number of amides is 3. The lowest BCUT2D eigenvalue weighted by molar-refractivity contribution is -0.145. The highest BCUT2D eigenvalue weighted by Crippen LogP contribution is 2.68. The Bertz CT molecular complexity index is 1360. The fourth-order valence-electron chi connectivity index (χ4n) is 7.45. The van der Waals surface area contributed by atoms with Crippen LogP contribution in [0.5, 0.6) is 0 Å². The van der Waals surface area contributed by atoms with E-state index in [9.17, 15) is 19.5 Å². The number of hydrogen-bond donors (Lipinski definition) is 1. The molecule has 9 heteroatoms. The number of benzene rings is 2. The number of thioether (sulfide) groups is 1. The molecule has 2 bridgehead atoms. The van der Waals surface area contributed by atoms with E-state index in [1.54, 1.807) is 28.8 Å². The van der Waals surface area contributed by atoms with Gasteiger partial charge in [0.1, 0.15) is 6.04 Å². The second-order valence-corrected chi connectivity index (χ2v) is 15.0. The van der Waals surface area contributed by atoms with Crippen LogP contribution >= 0.6 is 27.7 Å². The Hall–Kier alpha value is -2.88. The number of aliphatic hydroxyl groups is 1. The summed E-state index contributed by atoms with van der Waals surface area (Å²) in [4.78, 5) is 49.2. The molecule has 0 aliphatic carbocycles. The number of fused-ring (bicyclic) bond motifs is 1. The zero-order chi connectivity index (χ0) is 32.0. The van der Waals surface area contributed by atoms with E-state index in [1.165, 1.54) is 0 Å². The molecule has 0 aromatic heterocycles. The summed E-state index contributed by atoms with van der Waals surface area (Å²) in [5, 5.41) is 9.14. The van der Waals surface area contributed by atoms with Crippen LogP contribution in [-0.4, -0.2) is 84.6 Å². The van der Waals surface area contributed by atoms with Crippen molar-refractivity contribution >= 4 is 45.4 Å². The van der Waals surface area contributed by atoms with Crippen molar-refractivity contribution in [1.82, 2.24) is 14.7 Å². The first-order chi connectivity index (χ1) is 21.9. The predicted molar refractivity (Wildman–Crippen MR) is 184 cm³/mol. The number of hydrogen-bond acceptors (Lipinski definition) is 5. The summed E-state index contributed by atoms with van der Waals surface area (Å²) in [5.74, 6) is -1.34. The monoisotopic (exact) mass is 693 g/mol. The summed E-state index contributed by atoms with van der Waals surface area (Å²) in [6.07, 6.45) is 7.29. The SMILES string of the molecule is C=CCN(Cc1ccccc1)C(=O)C1N(CCCCCCO)C(=O)[C@@H]2[C@H](C(=O)N(CC=C)Cc3ccccc3)[C@H]3SC12CC3Br. The number of unbranched alkanes of at least 4 members (excludes halogenated alkanes) is 3. The van der Waals surface area contributed by atoms with E-state index < -0.39 is 22.6 Å². The lowest BCUT2D eigenvalue weighted by Crippen LogP contribution is -2.55. The average molecular weight is 695 g/mol. The number of halogens is 1. The topological polar surface area (TPSA) is 81.2 Å². The molecule has 2 aromatic carbocycles. The Balaban J connectivity index is 1.49. The van der Waals surface area contributed by atoms with Crippen molar-refractivity contribution in [2.24, 2.45) is 11.8 Å². The van der Waals surface area contributed by atoms with E-state index in [2.05, 4.69) is 29.1 Å². The Morgan fingerprint density at radius 1 is 0.911 bits per heavy atom. The molecular weight excluding hydrogens is 650 g/mol. The third-order valence-corrected chi connectivity index (χ3v) is 12.6. The number of carbonyl (C=O) groups excluding carboxylic acids is 3. The molecule has 0 radical (unpaired) electrons. The van der Waals surface area contributed by atoms with Gasteiger partial charge in [-0.1, -0.05) is 102 Å². The molecule has 3 aliphatic heterocycles. The van der Waals surface area contributed by atoms with Crippen molar-refractivity contribution in [3.8, 4) is 0 Å².